The third-order valence-corrected chi connectivity index (χ3v) is 2.88. The Bertz CT molecular complexity index is 503. The van der Waals surface area contributed by atoms with Gasteiger partial charge in [0.15, 0.2) is 0 Å². The molecule has 0 bridgehead atoms. The number of benzene rings is 1. The Labute approximate surface area is 113 Å². The van der Waals surface area contributed by atoms with Crippen LogP contribution in [0.2, 0.25) is 0 Å². The molecule has 0 fully saturated rings. The summed E-state index contributed by atoms with van der Waals surface area (Å²) < 4.78 is 10.6. The SMILES string of the molecule is Cc1cc(COc2ccc(CCC(C)N)cc2)no1. The van der Waals surface area contributed by atoms with E-state index in [0.29, 0.717) is 6.61 Å². The number of hydrogen-bond acceptors (Lipinski definition) is 4. The summed E-state index contributed by atoms with van der Waals surface area (Å²) in [6, 6.07) is 10.2. The van der Waals surface area contributed by atoms with Crippen molar-refractivity contribution in [3.8, 4) is 5.75 Å². The second-order valence-corrected chi connectivity index (χ2v) is 4.88. The maximum absolute atomic E-state index is 5.74. The normalized spacial score (nSPS) is 12.4. The summed E-state index contributed by atoms with van der Waals surface area (Å²) in [6.45, 7) is 4.32. The lowest BCUT2D eigenvalue weighted by Gasteiger charge is -2.07. The van der Waals surface area contributed by atoms with Gasteiger partial charge in [-0.25, -0.2) is 0 Å². The van der Waals surface area contributed by atoms with Gasteiger partial charge in [-0.1, -0.05) is 17.3 Å². The van der Waals surface area contributed by atoms with Crippen molar-refractivity contribution < 1.29 is 9.26 Å². The minimum atomic E-state index is 0.242. The van der Waals surface area contributed by atoms with Gasteiger partial charge in [-0.3, -0.25) is 0 Å². The molecule has 4 nitrogen and oxygen atoms in total. The summed E-state index contributed by atoms with van der Waals surface area (Å²) in [5, 5.41) is 3.88. The largest absolute Gasteiger partial charge is 0.487 e. The van der Waals surface area contributed by atoms with Crippen LogP contribution in [0.3, 0.4) is 0 Å². The van der Waals surface area contributed by atoms with Crippen LogP contribution in [0, 0.1) is 6.92 Å². The Morgan fingerprint density at radius 1 is 1.32 bits per heavy atom. The Hall–Kier alpha value is -1.81. The highest BCUT2D eigenvalue weighted by Crippen LogP contribution is 2.15. The summed E-state index contributed by atoms with van der Waals surface area (Å²) in [5.41, 5.74) is 7.83. The molecule has 0 saturated carbocycles. The molecule has 0 aliphatic carbocycles. The number of aromatic nitrogens is 1. The number of hydrogen-bond donors (Lipinski definition) is 1. The number of rotatable bonds is 6. The van der Waals surface area contributed by atoms with E-state index >= 15 is 0 Å². The highest BCUT2D eigenvalue weighted by molar-refractivity contribution is 5.27. The van der Waals surface area contributed by atoms with Crippen molar-refractivity contribution in [2.75, 3.05) is 0 Å². The van der Waals surface area contributed by atoms with Crippen LogP contribution in [0.25, 0.3) is 0 Å². The molecule has 0 spiro atoms. The zero-order valence-corrected chi connectivity index (χ0v) is 11.4. The van der Waals surface area contributed by atoms with Gasteiger partial charge in [0.2, 0.25) is 0 Å². The van der Waals surface area contributed by atoms with Crippen LogP contribution in [0.15, 0.2) is 34.9 Å². The maximum Gasteiger partial charge on any atom is 0.134 e. The minimum Gasteiger partial charge on any atom is -0.487 e. The van der Waals surface area contributed by atoms with E-state index in [1.165, 1.54) is 5.56 Å². The molecule has 0 radical (unpaired) electrons. The van der Waals surface area contributed by atoms with Gasteiger partial charge in [0.1, 0.15) is 23.8 Å². The lowest BCUT2D eigenvalue weighted by molar-refractivity contribution is 0.288. The third kappa shape index (κ3) is 4.41. The highest BCUT2D eigenvalue weighted by Gasteiger charge is 2.02. The summed E-state index contributed by atoms with van der Waals surface area (Å²) in [5.74, 6) is 1.63. The topological polar surface area (TPSA) is 61.3 Å². The Balaban J connectivity index is 1.84. The van der Waals surface area contributed by atoms with Crippen LogP contribution < -0.4 is 10.5 Å². The average Bonchev–Trinajstić information content (AvgIpc) is 2.81. The molecule has 0 saturated heterocycles. The van der Waals surface area contributed by atoms with Crippen LogP contribution in [-0.2, 0) is 13.0 Å². The standard InChI is InChI=1S/C15H20N2O2/c1-11(16)3-4-13-5-7-15(8-6-13)18-10-14-9-12(2)19-17-14/h5-9,11H,3-4,10,16H2,1-2H3. The second-order valence-electron chi connectivity index (χ2n) is 4.88. The zero-order chi connectivity index (χ0) is 13.7. The summed E-state index contributed by atoms with van der Waals surface area (Å²) >= 11 is 0. The maximum atomic E-state index is 5.74. The lowest BCUT2D eigenvalue weighted by Crippen LogP contribution is -2.15. The van der Waals surface area contributed by atoms with Crippen molar-refractivity contribution in [1.29, 1.82) is 0 Å². The molecule has 102 valence electrons. The molecule has 1 unspecified atom stereocenters. The number of nitrogens with zero attached hydrogens (tertiary/aromatic N) is 1. The van der Waals surface area contributed by atoms with Crippen molar-refractivity contribution in [3.63, 3.8) is 0 Å². The molecule has 1 aromatic carbocycles. The van der Waals surface area contributed by atoms with Crippen LogP contribution >= 0.6 is 0 Å². The number of nitrogens with two attached hydrogens (primary N) is 1. The van der Waals surface area contributed by atoms with Crippen molar-refractivity contribution in [2.45, 2.75) is 39.3 Å². The number of aryl methyl sites for hydroxylation is 2. The monoisotopic (exact) mass is 260 g/mol. The zero-order valence-electron chi connectivity index (χ0n) is 11.4. The molecule has 0 amide bonds. The Kier molecular flexibility index (Phi) is 4.58. The fourth-order valence-electron chi connectivity index (χ4n) is 1.79. The molecule has 1 atom stereocenters. The summed E-state index contributed by atoms with van der Waals surface area (Å²) in [4.78, 5) is 0. The van der Waals surface area contributed by atoms with Crippen molar-refractivity contribution in [2.24, 2.45) is 5.73 Å². The smallest absolute Gasteiger partial charge is 0.134 e. The molecular weight excluding hydrogens is 240 g/mol. The van der Waals surface area contributed by atoms with Crippen molar-refractivity contribution in [1.82, 2.24) is 5.16 Å². The summed E-state index contributed by atoms with van der Waals surface area (Å²) in [7, 11) is 0. The second kappa shape index (κ2) is 6.38. The van der Waals surface area contributed by atoms with Crippen LogP contribution in [0.5, 0.6) is 5.75 Å². The van der Waals surface area contributed by atoms with Crippen LogP contribution in [0.1, 0.15) is 30.4 Å². The van der Waals surface area contributed by atoms with E-state index < -0.39 is 0 Å². The molecular formula is C15H20N2O2. The first-order valence-corrected chi connectivity index (χ1v) is 6.53. The number of ether oxygens (including phenoxy) is 1. The Morgan fingerprint density at radius 2 is 2.05 bits per heavy atom. The van der Waals surface area contributed by atoms with E-state index in [-0.39, 0.29) is 6.04 Å². The van der Waals surface area contributed by atoms with Gasteiger partial charge in [-0.2, -0.15) is 0 Å². The van der Waals surface area contributed by atoms with E-state index in [1.807, 2.05) is 32.0 Å². The third-order valence-electron chi connectivity index (χ3n) is 2.88. The van der Waals surface area contributed by atoms with Gasteiger partial charge >= 0.3 is 0 Å². The molecule has 2 N–H and O–H groups in total. The van der Waals surface area contributed by atoms with Gasteiger partial charge in [0.25, 0.3) is 0 Å². The molecule has 2 aromatic rings. The lowest BCUT2D eigenvalue weighted by atomic mass is 10.1. The average molecular weight is 260 g/mol. The molecule has 2 rings (SSSR count). The molecule has 0 aliphatic rings. The van der Waals surface area contributed by atoms with Gasteiger partial charge in [-0.15, -0.1) is 0 Å². The first-order valence-electron chi connectivity index (χ1n) is 6.53. The molecule has 1 heterocycles. The predicted molar refractivity (Wildman–Crippen MR) is 74.0 cm³/mol. The predicted octanol–water partition coefficient (Wildman–Crippen LogP) is 2.84. The van der Waals surface area contributed by atoms with E-state index in [1.54, 1.807) is 0 Å². The molecule has 19 heavy (non-hydrogen) atoms. The fraction of sp³-hybridized carbons (Fsp3) is 0.400. The van der Waals surface area contributed by atoms with E-state index in [4.69, 9.17) is 15.0 Å². The van der Waals surface area contributed by atoms with Gasteiger partial charge in [0.05, 0.1) is 0 Å². The minimum absolute atomic E-state index is 0.242. The van der Waals surface area contributed by atoms with Crippen LogP contribution in [-0.4, -0.2) is 11.2 Å². The van der Waals surface area contributed by atoms with Gasteiger partial charge in [-0.05, 0) is 44.4 Å². The van der Waals surface area contributed by atoms with E-state index in [9.17, 15) is 0 Å². The van der Waals surface area contributed by atoms with E-state index in [2.05, 4.69) is 17.3 Å². The van der Waals surface area contributed by atoms with Crippen molar-refractivity contribution in [3.05, 3.63) is 47.3 Å². The Morgan fingerprint density at radius 3 is 2.63 bits per heavy atom. The first-order chi connectivity index (χ1) is 9.13. The molecule has 1 aromatic heterocycles. The van der Waals surface area contributed by atoms with E-state index in [0.717, 1.165) is 30.0 Å². The van der Waals surface area contributed by atoms with Gasteiger partial charge in [0, 0.05) is 12.1 Å². The highest BCUT2D eigenvalue weighted by atomic mass is 16.5. The van der Waals surface area contributed by atoms with Crippen LogP contribution in [0.4, 0.5) is 0 Å². The van der Waals surface area contributed by atoms with Gasteiger partial charge < -0.3 is 15.0 Å². The summed E-state index contributed by atoms with van der Waals surface area (Å²) in [6.07, 6.45) is 2.00. The first kappa shape index (κ1) is 13.6. The van der Waals surface area contributed by atoms with Crippen molar-refractivity contribution >= 4 is 0 Å². The molecule has 4 heteroatoms. The molecule has 0 aliphatic heterocycles. The quantitative estimate of drug-likeness (QED) is 0.867. The fourth-order valence-corrected chi connectivity index (χ4v) is 1.79.